The Balaban J connectivity index is 2.20. The second kappa shape index (κ2) is 8.00. The van der Waals surface area contributed by atoms with Gasteiger partial charge < -0.3 is 15.3 Å². The Labute approximate surface area is 173 Å². The largest absolute Gasteiger partial charge is 0.434 e. The second-order valence-electron chi connectivity index (χ2n) is 7.09. The Morgan fingerprint density at radius 2 is 1.73 bits per heavy atom. The van der Waals surface area contributed by atoms with Crippen LogP contribution in [0.25, 0.3) is 11.1 Å². The number of aromatic nitrogens is 1. The molecule has 0 aliphatic rings. The maximum absolute atomic E-state index is 13.3. The fourth-order valence-corrected chi connectivity index (χ4v) is 4.79. The van der Waals surface area contributed by atoms with E-state index in [-0.39, 0.29) is 17.9 Å². The number of hydrogen-bond donors (Lipinski definition) is 2. The maximum atomic E-state index is 13.3. The smallest absolute Gasteiger partial charge is 0.266 e. The zero-order valence-corrected chi connectivity index (χ0v) is 17.3. The molecular formula is C21H22N2O6S. The molecule has 8 nitrogen and oxygen atoms in total. The van der Waals surface area contributed by atoms with Crippen molar-refractivity contribution in [3.63, 3.8) is 0 Å². The molecule has 0 saturated heterocycles. The molecule has 1 aromatic heterocycles. The summed E-state index contributed by atoms with van der Waals surface area (Å²) in [7, 11) is -4.43. The Kier molecular flexibility index (Phi) is 5.78. The minimum absolute atomic E-state index is 0.0994. The van der Waals surface area contributed by atoms with Crippen LogP contribution >= 0.6 is 0 Å². The first kappa shape index (κ1) is 21.7. The van der Waals surface area contributed by atoms with Crippen LogP contribution in [0.4, 0.5) is 0 Å². The van der Waals surface area contributed by atoms with Gasteiger partial charge >= 0.3 is 0 Å². The van der Waals surface area contributed by atoms with Crippen molar-refractivity contribution in [2.75, 3.05) is 6.26 Å². The molecule has 0 spiro atoms. The molecule has 3 N–H and O–H groups in total. The summed E-state index contributed by atoms with van der Waals surface area (Å²) in [5.41, 5.74) is 6.50. The molecule has 0 bridgehead atoms. The average Bonchev–Trinajstić information content (AvgIpc) is 3.15. The molecule has 0 saturated carbocycles. The normalized spacial score (nSPS) is 16.0. The highest BCUT2D eigenvalue weighted by molar-refractivity contribution is 7.92. The van der Waals surface area contributed by atoms with E-state index in [0.717, 1.165) is 0 Å². The number of benzene rings is 2. The van der Waals surface area contributed by atoms with Crippen LogP contribution in [-0.4, -0.2) is 41.4 Å². The van der Waals surface area contributed by atoms with Crippen molar-refractivity contribution in [1.82, 2.24) is 4.98 Å². The lowest BCUT2D eigenvalue weighted by molar-refractivity contribution is -0.131. The first-order valence-electron chi connectivity index (χ1n) is 9.27. The van der Waals surface area contributed by atoms with Gasteiger partial charge in [0.2, 0.25) is 5.78 Å². The third kappa shape index (κ3) is 3.61. The van der Waals surface area contributed by atoms with Crippen molar-refractivity contribution < 1.29 is 27.5 Å². The number of Topliss-reactive ketones (excluding diaryl/α,β-unsaturated/α-hetero) is 1. The first-order valence-corrected chi connectivity index (χ1v) is 11.2. The summed E-state index contributed by atoms with van der Waals surface area (Å²) in [6.45, 7) is 1.64. The molecule has 2 aromatic carbocycles. The monoisotopic (exact) mass is 430 g/mol. The molecule has 158 valence electrons. The molecule has 0 radical (unpaired) electrons. The van der Waals surface area contributed by atoms with Crippen LogP contribution in [0.5, 0.6) is 0 Å². The molecule has 9 heteroatoms. The van der Waals surface area contributed by atoms with Gasteiger partial charge in [0.1, 0.15) is 5.52 Å². The van der Waals surface area contributed by atoms with Gasteiger partial charge in [0.15, 0.2) is 15.4 Å². The van der Waals surface area contributed by atoms with Crippen molar-refractivity contribution in [1.29, 1.82) is 0 Å². The molecule has 2 unspecified atom stereocenters. The van der Waals surface area contributed by atoms with Gasteiger partial charge in [0, 0.05) is 18.1 Å². The van der Waals surface area contributed by atoms with E-state index >= 15 is 0 Å². The summed E-state index contributed by atoms with van der Waals surface area (Å²) in [6.07, 6.45) is 0.812. The molecule has 3 atom stereocenters. The molecule has 1 amide bonds. The SMILES string of the molecule is CC[C@H](C(=O)c1nc2ccccc2o1)C(c1ccccc1)C(O)(C(N)=O)S(C)(=O)=O. The van der Waals surface area contributed by atoms with Crippen molar-refractivity contribution in [3.8, 4) is 0 Å². The van der Waals surface area contributed by atoms with E-state index in [4.69, 9.17) is 10.2 Å². The minimum atomic E-state index is -4.43. The number of oxazole rings is 1. The number of carbonyl (C=O) groups excluding carboxylic acids is 2. The van der Waals surface area contributed by atoms with Gasteiger partial charge in [0.05, 0.1) is 0 Å². The number of rotatable bonds is 8. The number of hydrogen-bond acceptors (Lipinski definition) is 7. The Morgan fingerprint density at radius 1 is 1.13 bits per heavy atom. The highest BCUT2D eigenvalue weighted by atomic mass is 32.2. The average molecular weight is 430 g/mol. The van der Waals surface area contributed by atoms with Gasteiger partial charge in [-0.3, -0.25) is 9.59 Å². The zero-order valence-electron chi connectivity index (χ0n) is 16.5. The summed E-state index contributed by atoms with van der Waals surface area (Å²) in [6, 6.07) is 14.8. The third-order valence-corrected chi connectivity index (χ3v) is 6.77. The van der Waals surface area contributed by atoms with Crippen LogP contribution in [0.3, 0.4) is 0 Å². The Bertz CT molecular complexity index is 1160. The summed E-state index contributed by atoms with van der Waals surface area (Å²) >= 11 is 0. The quantitative estimate of drug-likeness (QED) is 0.521. The molecule has 3 rings (SSSR count). The van der Waals surface area contributed by atoms with E-state index in [0.29, 0.717) is 17.4 Å². The number of carbonyl (C=O) groups is 2. The first-order chi connectivity index (χ1) is 14.1. The van der Waals surface area contributed by atoms with E-state index < -0.39 is 38.3 Å². The molecule has 30 heavy (non-hydrogen) atoms. The number of aliphatic hydroxyl groups is 1. The minimum Gasteiger partial charge on any atom is -0.434 e. The predicted molar refractivity (Wildman–Crippen MR) is 110 cm³/mol. The zero-order chi connectivity index (χ0) is 22.1. The highest BCUT2D eigenvalue weighted by Gasteiger charge is 2.56. The van der Waals surface area contributed by atoms with Gasteiger partial charge in [-0.15, -0.1) is 0 Å². The van der Waals surface area contributed by atoms with E-state index in [1.165, 1.54) is 12.1 Å². The van der Waals surface area contributed by atoms with Gasteiger partial charge in [-0.25, -0.2) is 13.4 Å². The number of nitrogens with two attached hydrogens (primary N) is 1. The maximum Gasteiger partial charge on any atom is 0.266 e. The van der Waals surface area contributed by atoms with Crippen LogP contribution in [0, 0.1) is 5.92 Å². The molecule has 0 aliphatic heterocycles. The fourth-order valence-electron chi connectivity index (χ4n) is 3.67. The predicted octanol–water partition coefficient (Wildman–Crippen LogP) is 2.04. The lowest BCUT2D eigenvalue weighted by Crippen LogP contribution is -2.57. The van der Waals surface area contributed by atoms with Gasteiger partial charge in [-0.05, 0) is 24.1 Å². The summed E-state index contributed by atoms with van der Waals surface area (Å²) in [5.74, 6) is -4.93. The van der Waals surface area contributed by atoms with Crippen LogP contribution < -0.4 is 5.73 Å². The molecule has 1 heterocycles. The lowest BCUT2D eigenvalue weighted by Gasteiger charge is -2.36. The number of fused-ring (bicyclic) bond motifs is 1. The molecule has 3 aromatic rings. The number of para-hydroxylation sites is 2. The summed E-state index contributed by atoms with van der Waals surface area (Å²) in [4.78, 5) is 26.8. The van der Waals surface area contributed by atoms with Gasteiger partial charge in [-0.2, -0.15) is 0 Å². The number of sulfone groups is 1. The van der Waals surface area contributed by atoms with E-state index in [9.17, 15) is 23.1 Å². The van der Waals surface area contributed by atoms with Crippen molar-refractivity contribution in [3.05, 3.63) is 66.1 Å². The number of nitrogens with zero attached hydrogens (tertiary/aromatic N) is 1. The molecular weight excluding hydrogens is 408 g/mol. The lowest BCUT2D eigenvalue weighted by atomic mass is 9.77. The van der Waals surface area contributed by atoms with Crippen LogP contribution in [-0.2, 0) is 14.6 Å². The van der Waals surface area contributed by atoms with E-state index in [2.05, 4.69) is 4.98 Å². The second-order valence-corrected chi connectivity index (χ2v) is 9.25. The van der Waals surface area contributed by atoms with Crippen LogP contribution in [0.15, 0.2) is 59.0 Å². The van der Waals surface area contributed by atoms with Crippen molar-refractivity contribution in [2.24, 2.45) is 11.7 Å². The Morgan fingerprint density at radius 3 is 2.27 bits per heavy atom. The van der Waals surface area contributed by atoms with E-state index in [1.807, 2.05) is 0 Å². The highest BCUT2D eigenvalue weighted by Crippen LogP contribution is 2.41. The number of primary amides is 1. The standard InChI is InChI=1S/C21H22N2O6S/c1-3-14(18(24)19-23-15-11-7-8-12-16(15)29-19)17(13-9-5-4-6-10-13)21(26,20(22)25)30(2,27)28/h4-12,14,17,26H,3H2,1-2H3,(H2,22,25)/t14-,17?,21?/m0/s1. The molecule has 0 aliphatic carbocycles. The van der Waals surface area contributed by atoms with Gasteiger partial charge in [0.25, 0.3) is 16.7 Å². The molecule has 0 fully saturated rings. The van der Waals surface area contributed by atoms with Crippen molar-refractivity contribution in [2.45, 2.75) is 24.2 Å². The number of amides is 1. The Hall–Kier alpha value is -3.04. The number of ketones is 1. The van der Waals surface area contributed by atoms with Crippen LogP contribution in [0.1, 0.15) is 35.5 Å². The summed E-state index contributed by atoms with van der Waals surface area (Å²) < 4.78 is 30.6. The van der Waals surface area contributed by atoms with E-state index in [1.54, 1.807) is 49.4 Å². The van der Waals surface area contributed by atoms with Gasteiger partial charge in [-0.1, -0.05) is 49.4 Å². The van der Waals surface area contributed by atoms with Crippen LogP contribution in [0.2, 0.25) is 0 Å². The topological polar surface area (TPSA) is 141 Å². The third-order valence-electron chi connectivity index (χ3n) is 5.18. The summed E-state index contributed by atoms with van der Waals surface area (Å²) in [5, 5.41) is 11.1. The van der Waals surface area contributed by atoms with Crippen molar-refractivity contribution >= 4 is 32.6 Å². The fraction of sp³-hybridized carbons (Fsp3) is 0.286.